The second-order valence-corrected chi connectivity index (χ2v) is 9.31. The lowest BCUT2D eigenvalue weighted by Gasteiger charge is -2.34. The van der Waals surface area contributed by atoms with E-state index < -0.39 is 0 Å². The minimum atomic E-state index is 0.693. The van der Waals surface area contributed by atoms with E-state index in [4.69, 9.17) is 0 Å². The summed E-state index contributed by atoms with van der Waals surface area (Å²) in [6.45, 7) is 10.0. The lowest BCUT2D eigenvalue weighted by Crippen LogP contribution is -2.36. The molecule has 2 aliphatic carbocycles. The van der Waals surface area contributed by atoms with Crippen molar-refractivity contribution in [2.24, 2.45) is 11.8 Å². The van der Waals surface area contributed by atoms with E-state index in [0.717, 1.165) is 18.4 Å². The Labute approximate surface area is 150 Å². The van der Waals surface area contributed by atoms with Crippen molar-refractivity contribution in [3.63, 3.8) is 0 Å². The highest BCUT2D eigenvalue weighted by atomic mass is 32.1. The van der Waals surface area contributed by atoms with Gasteiger partial charge in [-0.2, -0.15) is 0 Å². The Morgan fingerprint density at radius 2 is 2.12 bits per heavy atom. The van der Waals surface area contributed by atoms with Crippen LogP contribution in [0.25, 0.3) is 5.70 Å². The van der Waals surface area contributed by atoms with Crippen LogP contribution in [0.4, 0.5) is 0 Å². The molecule has 0 amide bonds. The number of hydrogen-bond donors (Lipinski definition) is 1. The van der Waals surface area contributed by atoms with Crippen LogP contribution in [-0.2, 0) is 12.8 Å². The van der Waals surface area contributed by atoms with E-state index in [2.05, 4.69) is 43.8 Å². The van der Waals surface area contributed by atoms with Gasteiger partial charge in [0.15, 0.2) is 0 Å². The molecule has 1 aromatic rings. The second kappa shape index (κ2) is 6.25. The highest BCUT2D eigenvalue weighted by Crippen LogP contribution is 2.42. The van der Waals surface area contributed by atoms with Crippen LogP contribution in [0.15, 0.2) is 18.4 Å². The monoisotopic (exact) mass is 342 g/mol. The minimum Gasteiger partial charge on any atom is -0.385 e. The molecule has 0 saturated heterocycles. The molecule has 1 fully saturated rings. The van der Waals surface area contributed by atoms with E-state index in [0.29, 0.717) is 6.04 Å². The molecule has 2 nitrogen and oxygen atoms in total. The Morgan fingerprint density at radius 1 is 1.33 bits per heavy atom. The number of fused-ring (bicyclic) bond motifs is 1. The molecular formula is C21H30N2S. The SMILES string of the molecule is C=C(NCC1CC1)c1c(C)sc2c1CC(C1CC=C(C)N1C)CC2. The number of allylic oxidation sites excluding steroid dienone is 1. The zero-order valence-corrected chi connectivity index (χ0v) is 16.1. The zero-order chi connectivity index (χ0) is 16.8. The third-order valence-corrected chi connectivity index (χ3v) is 7.54. The predicted octanol–water partition coefficient (Wildman–Crippen LogP) is 4.74. The topological polar surface area (TPSA) is 15.3 Å². The summed E-state index contributed by atoms with van der Waals surface area (Å²) in [5.74, 6) is 1.67. The van der Waals surface area contributed by atoms with Gasteiger partial charge in [-0.1, -0.05) is 12.7 Å². The van der Waals surface area contributed by atoms with E-state index in [1.807, 2.05) is 11.3 Å². The third kappa shape index (κ3) is 2.92. The van der Waals surface area contributed by atoms with Crippen LogP contribution in [0.2, 0.25) is 0 Å². The van der Waals surface area contributed by atoms with Gasteiger partial charge in [0, 0.05) is 46.3 Å². The largest absolute Gasteiger partial charge is 0.385 e. The van der Waals surface area contributed by atoms with Crippen LogP contribution in [0.3, 0.4) is 0 Å². The lowest BCUT2D eigenvalue weighted by atomic mass is 9.80. The summed E-state index contributed by atoms with van der Waals surface area (Å²) in [6, 6.07) is 0.693. The zero-order valence-electron chi connectivity index (χ0n) is 15.3. The van der Waals surface area contributed by atoms with Gasteiger partial charge in [0.05, 0.1) is 0 Å². The Morgan fingerprint density at radius 3 is 2.79 bits per heavy atom. The van der Waals surface area contributed by atoms with Crippen molar-refractivity contribution >= 4 is 17.0 Å². The van der Waals surface area contributed by atoms with Crippen molar-refractivity contribution in [2.45, 2.75) is 58.4 Å². The molecule has 24 heavy (non-hydrogen) atoms. The molecule has 0 radical (unpaired) electrons. The first-order chi connectivity index (χ1) is 11.5. The Balaban J connectivity index is 1.52. The van der Waals surface area contributed by atoms with E-state index in [1.54, 1.807) is 10.4 Å². The van der Waals surface area contributed by atoms with Gasteiger partial charge in [0.25, 0.3) is 0 Å². The van der Waals surface area contributed by atoms with Crippen LogP contribution in [-0.4, -0.2) is 24.5 Å². The fraction of sp³-hybridized carbons (Fsp3) is 0.619. The Kier molecular flexibility index (Phi) is 4.24. The van der Waals surface area contributed by atoms with Crippen molar-refractivity contribution in [1.29, 1.82) is 0 Å². The van der Waals surface area contributed by atoms with E-state index in [1.165, 1.54) is 60.4 Å². The maximum atomic E-state index is 4.39. The summed E-state index contributed by atoms with van der Waals surface area (Å²) in [4.78, 5) is 5.59. The molecule has 1 aromatic heterocycles. The van der Waals surface area contributed by atoms with Crippen molar-refractivity contribution in [1.82, 2.24) is 10.2 Å². The van der Waals surface area contributed by atoms with Gasteiger partial charge in [-0.3, -0.25) is 0 Å². The molecule has 2 atom stereocenters. The molecule has 1 saturated carbocycles. The summed E-state index contributed by atoms with van der Waals surface area (Å²) in [5, 5.41) is 3.63. The van der Waals surface area contributed by atoms with Crippen LogP contribution in [0, 0.1) is 18.8 Å². The van der Waals surface area contributed by atoms with E-state index in [9.17, 15) is 0 Å². The molecular weight excluding hydrogens is 312 g/mol. The molecule has 3 aliphatic rings. The quantitative estimate of drug-likeness (QED) is 0.831. The molecule has 2 heterocycles. The van der Waals surface area contributed by atoms with Gasteiger partial charge < -0.3 is 10.2 Å². The summed E-state index contributed by atoms with van der Waals surface area (Å²) in [7, 11) is 2.27. The first-order valence-corrected chi connectivity index (χ1v) is 10.3. The second-order valence-electron chi connectivity index (χ2n) is 8.00. The van der Waals surface area contributed by atoms with E-state index >= 15 is 0 Å². The summed E-state index contributed by atoms with van der Waals surface area (Å²) in [5.41, 5.74) is 5.68. The number of nitrogens with zero attached hydrogens (tertiary/aromatic N) is 1. The van der Waals surface area contributed by atoms with Gasteiger partial charge in [0.2, 0.25) is 0 Å². The van der Waals surface area contributed by atoms with Crippen molar-refractivity contribution in [3.05, 3.63) is 39.2 Å². The van der Waals surface area contributed by atoms with Crippen LogP contribution in [0.5, 0.6) is 0 Å². The van der Waals surface area contributed by atoms with Gasteiger partial charge in [-0.05, 0) is 69.8 Å². The van der Waals surface area contributed by atoms with Crippen LogP contribution < -0.4 is 5.32 Å². The van der Waals surface area contributed by atoms with Crippen LogP contribution >= 0.6 is 11.3 Å². The number of aryl methyl sites for hydroxylation is 2. The van der Waals surface area contributed by atoms with Gasteiger partial charge in [-0.25, -0.2) is 0 Å². The van der Waals surface area contributed by atoms with E-state index in [-0.39, 0.29) is 0 Å². The molecule has 0 bridgehead atoms. The van der Waals surface area contributed by atoms with Crippen molar-refractivity contribution in [2.75, 3.05) is 13.6 Å². The number of thiophene rings is 1. The average molecular weight is 343 g/mol. The van der Waals surface area contributed by atoms with Gasteiger partial charge >= 0.3 is 0 Å². The number of rotatable bonds is 5. The normalized spacial score (nSPS) is 26.3. The summed E-state index contributed by atoms with van der Waals surface area (Å²) >= 11 is 2.01. The first-order valence-electron chi connectivity index (χ1n) is 9.48. The van der Waals surface area contributed by atoms with Crippen molar-refractivity contribution < 1.29 is 0 Å². The highest BCUT2D eigenvalue weighted by Gasteiger charge is 2.34. The number of hydrogen-bond acceptors (Lipinski definition) is 3. The molecule has 0 aromatic carbocycles. The molecule has 0 spiro atoms. The molecule has 1 N–H and O–H groups in total. The maximum absolute atomic E-state index is 4.39. The predicted molar refractivity (Wildman–Crippen MR) is 104 cm³/mol. The number of nitrogens with one attached hydrogen (secondary N) is 1. The first kappa shape index (κ1) is 16.3. The smallest absolute Gasteiger partial charge is 0.0354 e. The Hall–Kier alpha value is -1.22. The highest BCUT2D eigenvalue weighted by molar-refractivity contribution is 7.12. The maximum Gasteiger partial charge on any atom is 0.0354 e. The Bertz CT molecular complexity index is 680. The molecule has 4 rings (SSSR count). The molecule has 1 aliphatic heterocycles. The van der Waals surface area contributed by atoms with Gasteiger partial charge in [0.1, 0.15) is 0 Å². The average Bonchev–Trinajstić information content (AvgIpc) is 3.25. The molecule has 3 heteroatoms. The summed E-state index contributed by atoms with van der Waals surface area (Å²) in [6.07, 6.45) is 10.2. The fourth-order valence-electron chi connectivity index (χ4n) is 4.51. The standard InChI is InChI=1S/C21H30N2S/c1-13-5-9-19(23(13)4)17-8-10-20-18(11-17)21(15(3)24-20)14(2)22-12-16-6-7-16/h5,16-17,19,22H,2,6-12H2,1,3-4H3. The lowest BCUT2D eigenvalue weighted by molar-refractivity contribution is 0.223. The fourth-order valence-corrected chi connectivity index (χ4v) is 5.76. The van der Waals surface area contributed by atoms with Crippen LogP contribution in [0.1, 0.15) is 53.5 Å². The summed E-state index contributed by atoms with van der Waals surface area (Å²) < 4.78 is 0. The minimum absolute atomic E-state index is 0.693. The van der Waals surface area contributed by atoms with Gasteiger partial charge in [-0.15, -0.1) is 11.3 Å². The molecule has 2 unspecified atom stereocenters. The van der Waals surface area contributed by atoms with Crippen molar-refractivity contribution in [3.8, 4) is 0 Å². The molecule has 130 valence electrons. The third-order valence-electron chi connectivity index (χ3n) is 6.33.